The maximum Gasteiger partial charge on any atom is 0.276 e. The average Bonchev–Trinajstić information content (AvgIpc) is 2.88. The Kier molecular flexibility index (Phi) is 5.36. The van der Waals surface area contributed by atoms with Crippen molar-refractivity contribution in [3.05, 3.63) is 64.9 Å². The molecule has 1 saturated heterocycles. The lowest BCUT2D eigenvalue weighted by Crippen LogP contribution is -2.25. The minimum Gasteiger partial charge on any atom is -0.496 e. The fraction of sp³-hybridized carbons (Fsp3) is 0.158. The molecule has 0 aliphatic carbocycles. The van der Waals surface area contributed by atoms with Gasteiger partial charge in [0.25, 0.3) is 5.91 Å². The maximum atomic E-state index is 13.7. The Labute approximate surface area is 160 Å². The summed E-state index contributed by atoms with van der Waals surface area (Å²) < 4.78 is 37.5. The third-order valence-corrected chi connectivity index (χ3v) is 4.35. The van der Waals surface area contributed by atoms with E-state index in [1.807, 2.05) is 0 Å². The van der Waals surface area contributed by atoms with Gasteiger partial charge in [-0.3, -0.25) is 9.69 Å². The number of ether oxygens (including phenoxy) is 2. The summed E-state index contributed by atoms with van der Waals surface area (Å²) in [5.74, 6) is -1.23. The number of hydrogen-bond donors (Lipinski definition) is 1. The zero-order valence-electron chi connectivity index (χ0n) is 14.6. The highest BCUT2D eigenvalue weighted by molar-refractivity contribution is 7.80. The van der Waals surface area contributed by atoms with Gasteiger partial charge in [0.05, 0.1) is 7.11 Å². The first-order chi connectivity index (χ1) is 12.9. The van der Waals surface area contributed by atoms with Crippen molar-refractivity contribution in [2.45, 2.75) is 6.61 Å². The summed E-state index contributed by atoms with van der Waals surface area (Å²) in [6.07, 6.45) is 1.65. The van der Waals surface area contributed by atoms with Gasteiger partial charge in [0.1, 0.15) is 23.9 Å². The smallest absolute Gasteiger partial charge is 0.276 e. The molecule has 0 radical (unpaired) electrons. The summed E-state index contributed by atoms with van der Waals surface area (Å²) in [7, 11) is 3.09. The Morgan fingerprint density at radius 2 is 1.93 bits per heavy atom. The molecule has 0 unspecified atom stereocenters. The van der Waals surface area contributed by atoms with E-state index in [4.69, 9.17) is 21.7 Å². The topological polar surface area (TPSA) is 50.8 Å². The molecular formula is C19H16F2N2O3S. The largest absolute Gasteiger partial charge is 0.496 e. The molecule has 5 nitrogen and oxygen atoms in total. The molecule has 1 N–H and O–H groups in total. The number of nitrogens with one attached hydrogen (secondary N) is 1. The first-order valence-corrected chi connectivity index (χ1v) is 8.35. The highest BCUT2D eigenvalue weighted by Crippen LogP contribution is 2.25. The lowest BCUT2D eigenvalue weighted by molar-refractivity contribution is -0.121. The minimum absolute atomic E-state index is 0.00241. The zero-order valence-corrected chi connectivity index (χ0v) is 15.4. The second kappa shape index (κ2) is 7.71. The van der Waals surface area contributed by atoms with Gasteiger partial charge in [0, 0.05) is 18.7 Å². The van der Waals surface area contributed by atoms with Crippen LogP contribution in [0.15, 0.2) is 42.1 Å². The Bertz CT molecular complexity index is 947. The molecule has 1 amide bonds. The lowest BCUT2D eigenvalue weighted by Gasteiger charge is -2.12. The van der Waals surface area contributed by atoms with Crippen LogP contribution in [0.5, 0.6) is 11.5 Å². The molecular weight excluding hydrogens is 374 g/mol. The van der Waals surface area contributed by atoms with E-state index in [9.17, 15) is 13.6 Å². The number of halogens is 2. The summed E-state index contributed by atoms with van der Waals surface area (Å²) in [5, 5.41) is 3.17. The van der Waals surface area contributed by atoms with Crippen LogP contribution in [-0.4, -0.2) is 30.1 Å². The molecule has 0 spiro atoms. The van der Waals surface area contributed by atoms with Crippen molar-refractivity contribution in [3.63, 3.8) is 0 Å². The molecule has 8 heteroatoms. The summed E-state index contributed by atoms with van der Waals surface area (Å²) in [4.78, 5) is 13.4. The van der Waals surface area contributed by atoms with Gasteiger partial charge in [-0.05, 0) is 48.1 Å². The van der Waals surface area contributed by atoms with Gasteiger partial charge in [0.2, 0.25) is 0 Å². The predicted octanol–water partition coefficient (Wildman–Crippen LogP) is 3.24. The molecule has 1 aliphatic heterocycles. The van der Waals surface area contributed by atoms with Crippen LogP contribution in [0, 0.1) is 11.6 Å². The van der Waals surface area contributed by atoms with E-state index in [1.165, 1.54) is 18.1 Å². The van der Waals surface area contributed by atoms with Crippen LogP contribution in [-0.2, 0) is 11.4 Å². The highest BCUT2D eigenvalue weighted by Gasteiger charge is 2.26. The van der Waals surface area contributed by atoms with Crippen molar-refractivity contribution >= 4 is 29.3 Å². The van der Waals surface area contributed by atoms with Gasteiger partial charge in [-0.2, -0.15) is 0 Å². The zero-order chi connectivity index (χ0) is 19.6. The monoisotopic (exact) mass is 390 g/mol. The molecule has 1 heterocycles. The molecule has 0 atom stereocenters. The predicted molar refractivity (Wildman–Crippen MR) is 100 cm³/mol. The number of amides is 1. The van der Waals surface area contributed by atoms with E-state index in [1.54, 1.807) is 31.3 Å². The van der Waals surface area contributed by atoms with E-state index < -0.39 is 11.6 Å². The van der Waals surface area contributed by atoms with Crippen LogP contribution >= 0.6 is 12.2 Å². The van der Waals surface area contributed by atoms with E-state index in [2.05, 4.69) is 5.32 Å². The molecule has 1 aliphatic rings. The Hall–Kier alpha value is -3.00. The summed E-state index contributed by atoms with van der Waals surface area (Å²) in [6, 6.07) is 8.33. The van der Waals surface area contributed by atoms with Crippen molar-refractivity contribution in [1.82, 2.24) is 10.2 Å². The Morgan fingerprint density at radius 3 is 2.56 bits per heavy atom. The SMILES string of the molecule is COc1ccc(/C=C2/NC(=S)N(C)C2=O)cc1COc1ccc(F)cc1F. The Balaban J connectivity index is 1.84. The second-order valence-electron chi connectivity index (χ2n) is 5.79. The average molecular weight is 390 g/mol. The van der Waals surface area contributed by atoms with Crippen LogP contribution in [0.25, 0.3) is 6.08 Å². The first kappa shape index (κ1) is 18.8. The molecule has 0 aromatic heterocycles. The first-order valence-electron chi connectivity index (χ1n) is 7.94. The van der Waals surface area contributed by atoms with Crippen LogP contribution in [0.1, 0.15) is 11.1 Å². The molecule has 3 rings (SSSR count). The number of thiocarbonyl (C=S) groups is 1. The molecule has 27 heavy (non-hydrogen) atoms. The molecule has 1 fully saturated rings. The van der Waals surface area contributed by atoms with Crippen LogP contribution in [0.4, 0.5) is 8.78 Å². The summed E-state index contributed by atoms with van der Waals surface area (Å²) >= 11 is 5.05. The maximum absolute atomic E-state index is 13.7. The number of hydrogen-bond acceptors (Lipinski definition) is 4. The number of carbonyl (C=O) groups is 1. The van der Waals surface area contributed by atoms with Gasteiger partial charge < -0.3 is 14.8 Å². The van der Waals surface area contributed by atoms with Crippen molar-refractivity contribution in [3.8, 4) is 11.5 Å². The van der Waals surface area contributed by atoms with E-state index >= 15 is 0 Å². The van der Waals surface area contributed by atoms with E-state index in [0.717, 1.165) is 12.1 Å². The van der Waals surface area contributed by atoms with Crippen LogP contribution in [0.3, 0.4) is 0 Å². The van der Waals surface area contributed by atoms with Gasteiger partial charge in [0.15, 0.2) is 16.7 Å². The molecule has 2 aromatic rings. The van der Waals surface area contributed by atoms with Crippen molar-refractivity contribution < 1.29 is 23.0 Å². The van der Waals surface area contributed by atoms with Crippen LogP contribution < -0.4 is 14.8 Å². The molecule has 140 valence electrons. The number of likely N-dealkylation sites (N-methyl/N-ethyl adjacent to an activating group) is 1. The van der Waals surface area contributed by atoms with Gasteiger partial charge in [-0.25, -0.2) is 8.78 Å². The standard InChI is InChI=1S/C19H16F2N2O3S/c1-23-18(24)15(22-19(23)27)8-11-3-5-16(25-2)12(7-11)10-26-17-6-4-13(20)9-14(17)21/h3-9H,10H2,1-2H3,(H,22,27)/b15-8+. The van der Waals surface area contributed by atoms with E-state index in [-0.39, 0.29) is 18.3 Å². The summed E-state index contributed by atoms with van der Waals surface area (Å²) in [6.45, 7) is 0.00241. The fourth-order valence-corrected chi connectivity index (χ4v) is 2.73. The number of benzene rings is 2. The number of methoxy groups -OCH3 is 1. The van der Waals surface area contributed by atoms with Crippen molar-refractivity contribution in [1.29, 1.82) is 0 Å². The van der Waals surface area contributed by atoms with Gasteiger partial charge >= 0.3 is 0 Å². The number of nitrogens with zero attached hydrogens (tertiary/aromatic N) is 1. The van der Waals surface area contributed by atoms with Crippen LogP contribution in [0.2, 0.25) is 0 Å². The molecule has 2 aromatic carbocycles. The third-order valence-electron chi connectivity index (χ3n) is 3.97. The minimum atomic E-state index is -0.787. The van der Waals surface area contributed by atoms with Gasteiger partial charge in [-0.15, -0.1) is 0 Å². The number of rotatable bonds is 5. The molecule has 0 bridgehead atoms. The quantitative estimate of drug-likeness (QED) is 0.628. The third kappa shape index (κ3) is 4.06. The fourth-order valence-electron chi connectivity index (χ4n) is 2.54. The lowest BCUT2D eigenvalue weighted by atomic mass is 10.1. The van der Waals surface area contributed by atoms with E-state index in [0.29, 0.717) is 27.7 Å². The Morgan fingerprint density at radius 1 is 1.19 bits per heavy atom. The molecule has 0 saturated carbocycles. The normalized spacial score (nSPS) is 15.3. The summed E-state index contributed by atoms with van der Waals surface area (Å²) in [5.41, 5.74) is 1.70. The number of carbonyl (C=O) groups excluding carboxylic acids is 1. The highest BCUT2D eigenvalue weighted by atomic mass is 32.1. The van der Waals surface area contributed by atoms with Crippen molar-refractivity contribution in [2.75, 3.05) is 14.2 Å². The van der Waals surface area contributed by atoms with Gasteiger partial charge in [-0.1, -0.05) is 6.07 Å². The second-order valence-corrected chi connectivity index (χ2v) is 6.17. The van der Waals surface area contributed by atoms with Crippen molar-refractivity contribution in [2.24, 2.45) is 0 Å².